The molecule has 170 valence electrons. The van der Waals surface area contributed by atoms with Gasteiger partial charge in [-0.25, -0.2) is 5.84 Å². The monoisotopic (exact) mass is 496 g/mol. The van der Waals surface area contributed by atoms with E-state index in [9.17, 15) is 21.6 Å². The van der Waals surface area contributed by atoms with Gasteiger partial charge in [-0.1, -0.05) is 34.8 Å². The van der Waals surface area contributed by atoms with Crippen molar-refractivity contribution in [3.05, 3.63) is 57.6 Å². The normalized spacial score (nSPS) is 12.9. The van der Waals surface area contributed by atoms with Gasteiger partial charge in [-0.3, -0.25) is 5.01 Å². The second kappa shape index (κ2) is 9.23. The Morgan fingerprint density at radius 2 is 1.68 bits per heavy atom. The lowest BCUT2D eigenvalue weighted by Gasteiger charge is -2.27. The van der Waals surface area contributed by atoms with Gasteiger partial charge in [0, 0.05) is 16.6 Å². The van der Waals surface area contributed by atoms with Crippen molar-refractivity contribution in [2.45, 2.75) is 39.2 Å². The van der Waals surface area contributed by atoms with Crippen LogP contribution >= 0.6 is 23.2 Å². The van der Waals surface area contributed by atoms with Gasteiger partial charge in [0.15, 0.2) is 0 Å². The second-order valence-corrected chi connectivity index (χ2v) is 9.64. The van der Waals surface area contributed by atoms with Gasteiger partial charge in [0.2, 0.25) is 0 Å². The van der Waals surface area contributed by atoms with Gasteiger partial charge in [-0.15, -0.1) is 0 Å². The van der Waals surface area contributed by atoms with Crippen LogP contribution in [0.5, 0.6) is 0 Å². The highest BCUT2D eigenvalue weighted by molar-refractivity contribution is 7.93. The Labute approximate surface area is 189 Å². The Morgan fingerprint density at radius 1 is 1.10 bits per heavy atom. The smallest absolute Gasteiger partial charge is 0.261 e. The minimum atomic E-state index is -5.80. The van der Waals surface area contributed by atoms with E-state index in [1.54, 1.807) is 24.1 Å². The summed E-state index contributed by atoms with van der Waals surface area (Å²) in [6, 6.07) is 8.77. The lowest BCUT2D eigenvalue weighted by molar-refractivity contribution is -0.0438. The lowest BCUT2D eigenvalue weighted by Crippen LogP contribution is -2.46. The first-order chi connectivity index (χ1) is 14.2. The third-order valence-corrected chi connectivity index (χ3v) is 6.07. The average Bonchev–Trinajstić information content (AvgIpc) is 2.64. The number of aryl methyl sites for hydroxylation is 1. The van der Waals surface area contributed by atoms with Crippen LogP contribution in [0.15, 0.2) is 41.5 Å². The zero-order chi connectivity index (χ0) is 23.7. The largest absolute Gasteiger partial charge is 0.518 e. The third kappa shape index (κ3) is 5.43. The predicted molar refractivity (Wildman–Crippen MR) is 119 cm³/mol. The predicted octanol–water partition coefficient (Wildman–Crippen LogP) is 5.47. The van der Waals surface area contributed by atoms with Crippen LogP contribution in [0.25, 0.3) is 0 Å². The first kappa shape index (κ1) is 25.3. The number of hydrogen-bond donors (Lipinski definition) is 1. The summed E-state index contributed by atoms with van der Waals surface area (Å²) >= 11 is 12.2. The molecular weight excluding hydrogens is 476 g/mol. The van der Waals surface area contributed by atoms with Gasteiger partial charge < -0.3 is 0 Å². The maximum atomic E-state index is 13.0. The van der Waals surface area contributed by atoms with Gasteiger partial charge in [0.25, 0.3) is 0 Å². The molecule has 0 heterocycles. The molecule has 0 aliphatic heterocycles. The summed E-state index contributed by atoms with van der Waals surface area (Å²) in [5.74, 6) is 5.41. The number of halogens is 5. The van der Waals surface area contributed by atoms with Gasteiger partial charge in [0.1, 0.15) is 0 Å². The molecule has 0 radical (unpaired) electrons. The molecule has 2 rings (SSSR count). The van der Waals surface area contributed by atoms with E-state index >= 15 is 0 Å². The quantitative estimate of drug-likeness (QED) is 0.326. The molecule has 2 aromatic rings. The molecule has 0 bridgehead atoms. The van der Waals surface area contributed by atoms with E-state index in [1.165, 1.54) is 31.2 Å². The Bertz CT molecular complexity index is 1110. The molecule has 0 aliphatic rings. The first-order valence-electron chi connectivity index (χ1n) is 8.93. The highest BCUT2D eigenvalue weighted by Gasteiger charge is 2.50. The molecule has 0 atom stereocenters. The van der Waals surface area contributed by atoms with E-state index in [2.05, 4.69) is 5.10 Å². The Balaban J connectivity index is 2.64. The molecule has 6 nitrogen and oxygen atoms in total. The zero-order valence-corrected chi connectivity index (χ0v) is 19.4. The van der Waals surface area contributed by atoms with E-state index < -0.39 is 15.5 Å². The minimum absolute atomic E-state index is 0.117. The number of anilines is 2. The van der Waals surface area contributed by atoms with Crippen LogP contribution in [0.4, 0.5) is 24.5 Å². The number of sulfonamides is 1. The average molecular weight is 497 g/mol. The van der Waals surface area contributed by atoms with Crippen molar-refractivity contribution in [3.8, 4) is 0 Å². The molecule has 2 aromatic carbocycles. The summed E-state index contributed by atoms with van der Waals surface area (Å²) in [4.78, 5) is 0. The number of nitrogens with two attached hydrogens (primary N) is 1. The van der Waals surface area contributed by atoms with Crippen LogP contribution in [0.2, 0.25) is 10.0 Å². The van der Waals surface area contributed by atoms with Crippen LogP contribution in [0.1, 0.15) is 31.9 Å². The number of benzene rings is 2. The van der Waals surface area contributed by atoms with Crippen molar-refractivity contribution in [3.63, 3.8) is 0 Å². The number of hydrazine groups is 1. The zero-order valence-electron chi connectivity index (χ0n) is 17.1. The third-order valence-electron chi connectivity index (χ3n) is 4.23. The molecule has 0 spiro atoms. The maximum absolute atomic E-state index is 13.0. The number of hydrazone groups is 1. The van der Waals surface area contributed by atoms with E-state index in [-0.39, 0.29) is 27.4 Å². The van der Waals surface area contributed by atoms with Crippen molar-refractivity contribution in [1.29, 1.82) is 0 Å². The van der Waals surface area contributed by atoms with Crippen molar-refractivity contribution in [2.75, 3.05) is 9.42 Å². The summed E-state index contributed by atoms with van der Waals surface area (Å²) in [6.45, 7) is 6.91. The number of hydrogen-bond acceptors (Lipinski definition) is 5. The Hall–Kier alpha value is -2.01. The summed E-state index contributed by atoms with van der Waals surface area (Å²) in [6.07, 6.45) is 0. The fraction of sp³-hybridized carbons (Fsp3) is 0.316. The fourth-order valence-corrected chi connectivity index (χ4v) is 3.84. The summed E-state index contributed by atoms with van der Waals surface area (Å²) < 4.78 is 62.5. The molecule has 0 amide bonds. The lowest BCUT2D eigenvalue weighted by atomic mass is 10.1. The van der Waals surface area contributed by atoms with E-state index in [1.807, 2.05) is 13.8 Å². The number of nitrogens with zero attached hydrogens (tertiary/aromatic N) is 3. The first-order valence-corrected chi connectivity index (χ1v) is 11.1. The van der Waals surface area contributed by atoms with Crippen molar-refractivity contribution in [1.82, 2.24) is 0 Å². The highest BCUT2D eigenvalue weighted by Crippen LogP contribution is 2.33. The molecule has 0 saturated heterocycles. The van der Waals surface area contributed by atoms with Crippen LogP contribution in [-0.4, -0.2) is 25.7 Å². The van der Waals surface area contributed by atoms with E-state index in [0.717, 1.165) is 0 Å². The van der Waals surface area contributed by atoms with Crippen molar-refractivity contribution < 1.29 is 21.6 Å². The van der Waals surface area contributed by atoms with Crippen LogP contribution in [0, 0.1) is 6.92 Å². The fourth-order valence-electron chi connectivity index (χ4n) is 2.70. The van der Waals surface area contributed by atoms with Crippen LogP contribution in [0.3, 0.4) is 0 Å². The van der Waals surface area contributed by atoms with Gasteiger partial charge in [-0.05, 0) is 58.0 Å². The Morgan fingerprint density at radius 3 is 2.19 bits per heavy atom. The molecule has 0 unspecified atom stereocenters. The molecular formula is C19H21Cl2F3N4O2S. The van der Waals surface area contributed by atoms with Crippen LogP contribution < -0.4 is 15.3 Å². The van der Waals surface area contributed by atoms with E-state index in [0.29, 0.717) is 21.3 Å². The molecule has 12 heteroatoms. The van der Waals surface area contributed by atoms with Crippen molar-refractivity contribution in [2.24, 2.45) is 10.9 Å². The summed E-state index contributed by atoms with van der Waals surface area (Å²) in [5.41, 5.74) is -4.39. The van der Waals surface area contributed by atoms with Gasteiger partial charge in [0.05, 0.1) is 22.1 Å². The van der Waals surface area contributed by atoms with Gasteiger partial charge >= 0.3 is 15.5 Å². The molecule has 2 N–H and O–H groups in total. The van der Waals surface area contributed by atoms with Gasteiger partial charge in [-0.2, -0.15) is 31.1 Å². The molecule has 31 heavy (non-hydrogen) atoms. The Kier molecular flexibility index (Phi) is 7.52. The van der Waals surface area contributed by atoms with Crippen molar-refractivity contribution >= 4 is 50.3 Å². The second-order valence-electron chi connectivity index (χ2n) is 6.99. The summed E-state index contributed by atoms with van der Waals surface area (Å²) in [5, 5.41) is 6.80. The molecule has 0 aliphatic carbocycles. The van der Waals surface area contributed by atoms with Crippen LogP contribution in [-0.2, 0) is 10.0 Å². The minimum Gasteiger partial charge on any atom is -0.261 e. The molecule has 0 saturated carbocycles. The van der Waals surface area contributed by atoms with E-state index in [4.69, 9.17) is 29.0 Å². The number of rotatable bonds is 6. The highest BCUT2D eigenvalue weighted by atomic mass is 35.5. The topological polar surface area (TPSA) is 79.0 Å². The standard InChI is InChI=1S/C19H21Cl2F3N4O2S/c1-11(2)27(18-8-6-14(20)10-16(18)21)26-13(4)15-9-12(3)5-7-17(15)28(25)31(29,30)19(22,23)24/h5-11H,25H2,1-4H3/b26-13+. The summed E-state index contributed by atoms with van der Waals surface area (Å²) in [7, 11) is -5.80. The SMILES string of the molecule is C/C(=N\N(c1ccc(Cl)cc1Cl)C(C)C)c1cc(C)ccc1N(N)S(=O)(=O)C(F)(F)F. The maximum Gasteiger partial charge on any atom is 0.518 e. The number of alkyl halides is 3. The molecule has 0 aromatic heterocycles. The molecule has 0 fully saturated rings.